The molecule has 1 fully saturated rings. The van der Waals surface area contributed by atoms with Gasteiger partial charge in [0.05, 0.1) is 5.69 Å². The maximum Gasteiger partial charge on any atom is 0.264 e. The molecule has 6 aliphatic carbocycles. The highest BCUT2D eigenvalue weighted by molar-refractivity contribution is 7.33. The van der Waals surface area contributed by atoms with Crippen molar-refractivity contribution in [3.05, 3.63) is 153 Å². The van der Waals surface area contributed by atoms with Crippen LogP contribution < -0.4 is 25.5 Å². The van der Waals surface area contributed by atoms with Crippen LogP contribution in [0.25, 0.3) is 27.3 Å². The molecule has 75 heavy (non-hydrogen) atoms. The molecule has 0 N–H and O–H groups in total. The van der Waals surface area contributed by atoms with Crippen LogP contribution in [0.15, 0.2) is 97.1 Å². The molecule has 2 aliphatic heterocycles. The highest BCUT2D eigenvalue weighted by Gasteiger charge is 2.51. The van der Waals surface area contributed by atoms with Crippen LogP contribution in [0.5, 0.6) is 0 Å². The van der Waals surface area contributed by atoms with E-state index >= 15 is 0 Å². The van der Waals surface area contributed by atoms with Gasteiger partial charge in [0, 0.05) is 43.3 Å². The third kappa shape index (κ3) is 6.82. The minimum Gasteiger partial charge on any atom is -0.311 e. The Labute approximate surface area is 454 Å². The van der Waals surface area contributed by atoms with E-state index in [0.717, 1.165) is 12.8 Å². The van der Waals surface area contributed by atoms with Crippen molar-refractivity contribution < 1.29 is 0 Å². The van der Waals surface area contributed by atoms with Crippen LogP contribution in [0.1, 0.15) is 203 Å². The summed E-state index contributed by atoms with van der Waals surface area (Å²) in [6.45, 7) is 34.8. The molecule has 3 heterocycles. The van der Waals surface area contributed by atoms with Gasteiger partial charge in [0.2, 0.25) is 0 Å². The molecule has 7 aromatic rings. The number of fused-ring (bicyclic) bond motifs is 11. The minimum atomic E-state index is -0.0346. The van der Waals surface area contributed by atoms with E-state index < -0.39 is 0 Å². The second-order valence-electron chi connectivity index (χ2n) is 29.1. The predicted octanol–water partition coefficient (Wildman–Crippen LogP) is 18.0. The van der Waals surface area contributed by atoms with Gasteiger partial charge in [-0.3, -0.25) is 0 Å². The van der Waals surface area contributed by atoms with Gasteiger partial charge in [0.25, 0.3) is 6.71 Å². The third-order valence-corrected chi connectivity index (χ3v) is 22.5. The zero-order chi connectivity index (χ0) is 52.3. The first-order valence-electron chi connectivity index (χ1n) is 29.0. The highest BCUT2D eigenvalue weighted by Crippen LogP contribution is 2.60. The van der Waals surface area contributed by atoms with Gasteiger partial charge in [-0.2, -0.15) is 0 Å². The SMILES string of the molecule is Cc1cc2c(cc1N1c3cc(C(C)(C)C)ccc3B3c4sc5cc6c(cc5c4N(c4ccc5c(c4)C(C)(C)CCC5(C)C)c4cc(-c5cccc7c5CCC=C7)cc1c43)C1(C)CCC6(C)CC1)C(C)(C)CCC2(C)C. The number of aryl methyl sites for hydroxylation is 1. The Morgan fingerprint density at radius 1 is 0.547 bits per heavy atom. The van der Waals surface area contributed by atoms with Crippen molar-refractivity contribution in [1.29, 1.82) is 0 Å². The van der Waals surface area contributed by atoms with Crippen molar-refractivity contribution in [1.82, 2.24) is 0 Å². The lowest BCUT2D eigenvalue weighted by molar-refractivity contribution is 0.188. The van der Waals surface area contributed by atoms with Crippen LogP contribution in [0.2, 0.25) is 0 Å². The second kappa shape index (κ2) is 15.5. The summed E-state index contributed by atoms with van der Waals surface area (Å²) in [6, 6.07) is 38.5. The Kier molecular flexibility index (Phi) is 9.91. The summed E-state index contributed by atoms with van der Waals surface area (Å²) >= 11 is 2.11. The van der Waals surface area contributed by atoms with E-state index in [-0.39, 0.29) is 44.6 Å². The van der Waals surface area contributed by atoms with Gasteiger partial charge in [0.15, 0.2) is 0 Å². The van der Waals surface area contributed by atoms with Crippen molar-refractivity contribution in [2.24, 2.45) is 0 Å². The summed E-state index contributed by atoms with van der Waals surface area (Å²) in [7, 11) is 0. The molecule has 8 aliphatic rings. The number of hydrogen-bond donors (Lipinski definition) is 0. The van der Waals surface area contributed by atoms with E-state index in [2.05, 4.69) is 221 Å². The normalized spacial score (nSPS) is 23.7. The Morgan fingerprint density at radius 3 is 1.83 bits per heavy atom. The molecule has 0 saturated heterocycles. The monoisotopic (exact) mass is 1000 g/mol. The van der Waals surface area contributed by atoms with Crippen LogP contribution >= 0.6 is 11.3 Å². The zero-order valence-corrected chi connectivity index (χ0v) is 48.6. The van der Waals surface area contributed by atoms with E-state index in [9.17, 15) is 0 Å². The molecular weight excluding hydrogens is 924 g/mol. The van der Waals surface area contributed by atoms with Crippen LogP contribution in [-0.2, 0) is 44.3 Å². The number of hydrogen-bond acceptors (Lipinski definition) is 3. The first kappa shape index (κ1) is 48.1. The minimum absolute atomic E-state index is 0.0346. The van der Waals surface area contributed by atoms with E-state index in [1.165, 1.54) is 167 Å². The third-order valence-electron chi connectivity index (χ3n) is 21.3. The highest BCUT2D eigenvalue weighted by atomic mass is 32.1. The van der Waals surface area contributed by atoms with Crippen molar-refractivity contribution in [2.45, 2.75) is 199 Å². The maximum absolute atomic E-state index is 2.82. The number of anilines is 6. The molecule has 0 spiro atoms. The molecule has 6 aromatic carbocycles. The summed E-state index contributed by atoms with van der Waals surface area (Å²) in [5.41, 5.74) is 29.2. The van der Waals surface area contributed by atoms with Crippen molar-refractivity contribution in [3.63, 3.8) is 0 Å². The number of allylic oxidation sites excluding steroid dienone is 1. The Morgan fingerprint density at radius 2 is 1.16 bits per heavy atom. The van der Waals surface area contributed by atoms with Crippen LogP contribution in [0, 0.1) is 6.92 Å². The molecule has 4 heteroatoms. The van der Waals surface area contributed by atoms with Crippen molar-refractivity contribution in [3.8, 4) is 11.1 Å². The molecule has 2 nitrogen and oxygen atoms in total. The standard InChI is InChI=1S/C71H79BN2S/c1-42-34-51-53(69(11,12)29-28-67(51,7)8)40-57(42)74-58-37-45(65(2,3)4)22-25-56(58)72-62-59(35-44(36-60(62)74)48-21-17-19-43-18-15-16-20-47(43)48)73(46-23-24-50-52(38-46)68(9,10)27-26-66(50,5)6)63-49-39-54-55(41-61(49)75-64(63)72)71(14)32-30-70(54,13)31-33-71/h15,17-19,21-25,34-41H,16,20,26-33H2,1-14H3. The van der Waals surface area contributed by atoms with Gasteiger partial charge < -0.3 is 9.80 Å². The first-order chi connectivity index (χ1) is 35.4. The largest absolute Gasteiger partial charge is 0.311 e. The van der Waals surface area contributed by atoms with Crippen LogP contribution in [-0.4, -0.2) is 6.71 Å². The van der Waals surface area contributed by atoms with E-state index in [1.54, 1.807) is 11.1 Å². The van der Waals surface area contributed by atoms with Crippen LogP contribution in [0.3, 0.4) is 0 Å². The molecule has 0 amide bonds. The van der Waals surface area contributed by atoms with Gasteiger partial charge in [0.1, 0.15) is 0 Å². The molecular formula is C71H79BN2S. The summed E-state index contributed by atoms with van der Waals surface area (Å²) in [5, 5.41) is 1.44. The molecule has 2 bridgehead atoms. The zero-order valence-electron chi connectivity index (χ0n) is 47.8. The van der Waals surface area contributed by atoms with Gasteiger partial charge >= 0.3 is 0 Å². The average molecular weight is 1000 g/mol. The smallest absolute Gasteiger partial charge is 0.264 e. The summed E-state index contributed by atoms with van der Waals surface area (Å²) in [6.07, 6.45) is 16.8. The predicted molar refractivity (Wildman–Crippen MR) is 326 cm³/mol. The summed E-state index contributed by atoms with van der Waals surface area (Å²) in [5.74, 6) is 0. The Balaban J connectivity index is 1.14. The second-order valence-corrected chi connectivity index (χ2v) is 30.2. The molecule has 1 aromatic heterocycles. The molecule has 382 valence electrons. The lowest BCUT2D eigenvalue weighted by atomic mass is 9.36. The lowest BCUT2D eigenvalue weighted by Gasteiger charge is -2.52. The maximum atomic E-state index is 2.82. The van der Waals surface area contributed by atoms with Gasteiger partial charge in [-0.25, -0.2) is 0 Å². The number of benzene rings is 6. The fourth-order valence-electron chi connectivity index (χ4n) is 16.0. The van der Waals surface area contributed by atoms with E-state index in [0.29, 0.717) is 0 Å². The summed E-state index contributed by atoms with van der Waals surface area (Å²) < 4.78 is 2.94. The Hall–Kier alpha value is -5.32. The fraction of sp³-hybridized carbons (Fsp3) is 0.437. The number of nitrogens with zero attached hydrogens (tertiary/aromatic N) is 2. The van der Waals surface area contributed by atoms with Gasteiger partial charge in [-0.15, -0.1) is 11.3 Å². The lowest BCUT2D eigenvalue weighted by Crippen LogP contribution is -2.60. The molecule has 1 saturated carbocycles. The summed E-state index contributed by atoms with van der Waals surface area (Å²) in [4.78, 5) is 5.59. The van der Waals surface area contributed by atoms with Crippen molar-refractivity contribution in [2.75, 3.05) is 9.80 Å². The van der Waals surface area contributed by atoms with Crippen molar-refractivity contribution >= 4 is 84.0 Å². The average Bonchev–Trinajstić information content (AvgIpc) is 3.76. The molecule has 0 atom stereocenters. The van der Waals surface area contributed by atoms with Crippen LogP contribution in [0.4, 0.5) is 34.1 Å². The van der Waals surface area contributed by atoms with E-state index in [4.69, 9.17) is 0 Å². The fourth-order valence-corrected chi connectivity index (χ4v) is 17.3. The first-order valence-corrected chi connectivity index (χ1v) is 29.8. The number of thiophene rings is 1. The molecule has 15 rings (SSSR count). The Bertz CT molecular complexity index is 3670. The van der Waals surface area contributed by atoms with E-state index in [1.807, 2.05) is 0 Å². The number of rotatable bonds is 3. The van der Waals surface area contributed by atoms with Gasteiger partial charge in [-0.1, -0.05) is 145 Å². The molecule has 0 unspecified atom stereocenters. The quantitative estimate of drug-likeness (QED) is 0.163. The topological polar surface area (TPSA) is 6.48 Å². The molecule has 0 radical (unpaired) electrons. The van der Waals surface area contributed by atoms with Gasteiger partial charge in [-0.05, 0) is 235 Å².